The molecule has 1 amide bonds. The summed E-state index contributed by atoms with van der Waals surface area (Å²) in [6, 6.07) is 11.8. The number of amides is 1. The first-order valence-electron chi connectivity index (χ1n) is 11.1. The third-order valence-electron chi connectivity index (χ3n) is 5.28. The number of benzene rings is 1. The lowest BCUT2D eigenvalue weighted by molar-refractivity contribution is 0.0940. The van der Waals surface area contributed by atoms with E-state index in [1.807, 2.05) is 37.1 Å². The lowest BCUT2D eigenvalue weighted by Crippen LogP contribution is -2.41. The van der Waals surface area contributed by atoms with Crippen LogP contribution < -0.4 is 21.3 Å². The number of ketones is 1. The van der Waals surface area contributed by atoms with Gasteiger partial charge in [-0.25, -0.2) is 23.7 Å². The lowest BCUT2D eigenvalue weighted by atomic mass is 10.1. The van der Waals surface area contributed by atoms with Gasteiger partial charge in [-0.05, 0) is 43.3 Å². The zero-order valence-corrected chi connectivity index (χ0v) is 20.7. The minimum absolute atomic E-state index is 0.104. The minimum Gasteiger partial charge on any atom is -0.382 e. The van der Waals surface area contributed by atoms with E-state index in [9.17, 15) is 18.4 Å². The van der Waals surface area contributed by atoms with Crippen LogP contribution in [0.25, 0.3) is 0 Å². The third kappa shape index (κ3) is 6.04. The molecule has 9 nitrogen and oxygen atoms in total. The zero-order chi connectivity index (χ0) is 26.5. The standard InChI is InChI=1S/C25H23F2N7O2S/c1-14(13-34(2)19-8-3-4-11-29-19)31-24(36)15-9-10-18(30-12-15)32-25-33-23(28)22(37-25)21(35)20-16(26)6-5-7-17(20)27/h3-12,14H,13,28H2,1-2H3,(H,31,36)(H,30,32,33)/t14-/m1/s1. The molecule has 0 unspecified atom stereocenters. The van der Waals surface area contributed by atoms with Crippen LogP contribution in [-0.2, 0) is 0 Å². The average Bonchev–Trinajstić information content (AvgIpc) is 3.24. The van der Waals surface area contributed by atoms with Crippen LogP contribution in [0.3, 0.4) is 0 Å². The summed E-state index contributed by atoms with van der Waals surface area (Å²) in [6.45, 7) is 2.44. The first-order valence-corrected chi connectivity index (χ1v) is 12.0. The van der Waals surface area contributed by atoms with Crippen LogP contribution in [0.2, 0.25) is 0 Å². The Kier molecular flexibility index (Phi) is 7.68. The monoisotopic (exact) mass is 523 g/mol. The van der Waals surface area contributed by atoms with Crippen LogP contribution in [0, 0.1) is 11.6 Å². The van der Waals surface area contributed by atoms with Crippen LogP contribution in [0.1, 0.15) is 32.5 Å². The van der Waals surface area contributed by atoms with E-state index >= 15 is 0 Å². The van der Waals surface area contributed by atoms with E-state index in [0.29, 0.717) is 17.9 Å². The number of nitrogens with zero attached hydrogens (tertiary/aromatic N) is 4. The summed E-state index contributed by atoms with van der Waals surface area (Å²) in [4.78, 5) is 39.7. The molecule has 0 aliphatic carbocycles. The van der Waals surface area contributed by atoms with Gasteiger partial charge in [-0.1, -0.05) is 23.5 Å². The van der Waals surface area contributed by atoms with Gasteiger partial charge in [-0.15, -0.1) is 0 Å². The van der Waals surface area contributed by atoms with Gasteiger partial charge in [0.2, 0.25) is 5.78 Å². The second kappa shape index (κ2) is 11.1. The van der Waals surface area contributed by atoms with Crippen LogP contribution in [-0.4, -0.2) is 46.3 Å². The van der Waals surface area contributed by atoms with Crippen LogP contribution in [0.5, 0.6) is 0 Å². The first-order chi connectivity index (χ1) is 17.7. The van der Waals surface area contributed by atoms with Crippen molar-refractivity contribution in [3.63, 3.8) is 0 Å². The summed E-state index contributed by atoms with van der Waals surface area (Å²) in [5.74, 6) is -2.20. The number of pyridine rings is 2. The van der Waals surface area contributed by atoms with Crippen molar-refractivity contribution in [1.29, 1.82) is 0 Å². The third-order valence-corrected chi connectivity index (χ3v) is 6.26. The van der Waals surface area contributed by atoms with Gasteiger partial charge in [0.15, 0.2) is 5.13 Å². The second-order valence-electron chi connectivity index (χ2n) is 8.16. The van der Waals surface area contributed by atoms with Crippen molar-refractivity contribution in [2.45, 2.75) is 13.0 Å². The largest absolute Gasteiger partial charge is 0.382 e. The van der Waals surface area contributed by atoms with Gasteiger partial charge < -0.3 is 21.3 Å². The fraction of sp³-hybridized carbons (Fsp3) is 0.160. The van der Waals surface area contributed by atoms with Crippen LogP contribution in [0.4, 0.5) is 31.4 Å². The molecule has 190 valence electrons. The molecule has 1 atom stereocenters. The molecule has 0 radical (unpaired) electrons. The first kappa shape index (κ1) is 25.6. The number of carbonyl (C=O) groups is 2. The maximum atomic E-state index is 14.0. The maximum Gasteiger partial charge on any atom is 0.253 e. The van der Waals surface area contributed by atoms with E-state index < -0.39 is 23.0 Å². The number of nitrogens with two attached hydrogens (primary N) is 1. The van der Waals surface area contributed by atoms with Crippen molar-refractivity contribution in [2.75, 3.05) is 29.5 Å². The summed E-state index contributed by atoms with van der Waals surface area (Å²) >= 11 is 0.838. The number of anilines is 4. The number of carbonyl (C=O) groups excluding carboxylic acids is 2. The van der Waals surface area contributed by atoms with Crippen LogP contribution >= 0.6 is 11.3 Å². The van der Waals surface area contributed by atoms with Gasteiger partial charge in [0.05, 0.1) is 11.1 Å². The molecule has 1 aromatic carbocycles. The topological polar surface area (TPSA) is 126 Å². The van der Waals surface area contributed by atoms with Crippen molar-refractivity contribution >= 4 is 45.6 Å². The number of nitrogen functional groups attached to an aromatic ring is 1. The highest BCUT2D eigenvalue weighted by molar-refractivity contribution is 7.18. The summed E-state index contributed by atoms with van der Waals surface area (Å²) in [5.41, 5.74) is 5.48. The lowest BCUT2D eigenvalue weighted by Gasteiger charge is -2.23. The highest BCUT2D eigenvalue weighted by Gasteiger charge is 2.24. The summed E-state index contributed by atoms with van der Waals surface area (Å²) in [6.07, 6.45) is 3.10. The Balaban J connectivity index is 1.38. The molecule has 0 saturated carbocycles. The van der Waals surface area contributed by atoms with E-state index in [4.69, 9.17) is 5.73 Å². The molecule has 0 aliphatic heterocycles. The molecule has 4 aromatic rings. The molecule has 3 heterocycles. The summed E-state index contributed by atoms with van der Waals surface area (Å²) in [5, 5.41) is 6.00. The minimum atomic E-state index is -0.986. The molecule has 0 spiro atoms. The van der Waals surface area contributed by atoms with Gasteiger partial charge in [0.25, 0.3) is 5.91 Å². The molecule has 37 heavy (non-hydrogen) atoms. The number of hydrogen-bond donors (Lipinski definition) is 3. The normalized spacial score (nSPS) is 11.6. The van der Waals surface area contributed by atoms with E-state index in [0.717, 1.165) is 29.3 Å². The molecule has 3 aromatic heterocycles. The molecule has 0 aliphatic rings. The highest BCUT2D eigenvalue weighted by atomic mass is 32.1. The number of thiazole rings is 1. The Labute approximate surface area is 215 Å². The molecule has 4 N–H and O–H groups in total. The van der Waals surface area contributed by atoms with Gasteiger partial charge in [-0.3, -0.25) is 9.59 Å². The predicted molar refractivity (Wildman–Crippen MR) is 138 cm³/mol. The van der Waals surface area contributed by atoms with Crippen molar-refractivity contribution in [1.82, 2.24) is 20.3 Å². The van der Waals surface area contributed by atoms with Gasteiger partial charge in [0.1, 0.15) is 34.0 Å². The molecular weight excluding hydrogens is 500 g/mol. The molecule has 0 bridgehead atoms. The number of halogens is 2. The Morgan fingerprint density at radius 3 is 2.49 bits per heavy atom. The Bertz CT molecular complexity index is 1390. The highest BCUT2D eigenvalue weighted by Crippen LogP contribution is 2.30. The number of aromatic nitrogens is 3. The Hall–Kier alpha value is -4.45. The van der Waals surface area contributed by atoms with Crippen molar-refractivity contribution in [3.05, 3.63) is 88.6 Å². The molecule has 0 saturated heterocycles. The molecule has 4 rings (SSSR count). The zero-order valence-electron chi connectivity index (χ0n) is 19.9. The number of hydrogen-bond acceptors (Lipinski definition) is 9. The van der Waals surface area contributed by atoms with Gasteiger partial charge >= 0.3 is 0 Å². The fourth-order valence-electron chi connectivity index (χ4n) is 3.52. The van der Waals surface area contributed by atoms with E-state index in [2.05, 4.69) is 25.6 Å². The number of likely N-dealkylation sites (N-methyl/N-ethyl adjacent to an activating group) is 1. The summed E-state index contributed by atoms with van der Waals surface area (Å²) < 4.78 is 28.0. The SMILES string of the molecule is C[C@H](CN(C)c1ccccn1)NC(=O)c1ccc(Nc2nc(N)c(C(=O)c3c(F)cccc3F)s2)nc1. The average molecular weight is 524 g/mol. The van der Waals surface area contributed by atoms with Crippen molar-refractivity contribution in [3.8, 4) is 0 Å². The number of rotatable bonds is 9. The second-order valence-corrected chi connectivity index (χ2v) is 9.16. The van der Waals surface area contributed by atoms with Crippen molar-refractivity contribution in [2.24, 2.45) is 0 Å². The predicted octanol–water partition coefficient (Wildman–Crippen LogP) is 4.02. The van der Waals surface area contributed by atoms with E-state index in [1.165, 1.54) is 12.3 Å². The van der Waals surface area contributed by atoms with Gasteiger partial charge in [-0.2, -0.15) is 0 Å². The molecule has 0 fully saturated rings. The van der Waals surface area contributed by atoms with E-state index in [-0.39, 0.29) is 27.8 Å². The quantitative estimate of drug-likeness (QED) is 0.281. The smallest absolute Gasteiger partial charge is 0.253 e. The fourth-order valence-corrected chi connectivity index (χ4v) is 4.36. The maximum absolute atomic E-state index is 14.0. The van der Waals surface area contributed by atoms with Crippen molar-refractivity contribution < 1.29 is 18.4 Å². The van der Waals surface area contributed by atoms with E-state index in [1.54, 1.807) is 18.3 Å². The molecule has 12 heteroatoms. The Morgan fingerprint density at radius 1 is 1.08 bits per heavy atom. The van der Waals surface area contributed by atoms with Crippen LogP contribution in [0.15, 0.2) is 60.9 Å². The Morgan fingerprint density at radius 2 is 1.84 bits per heavy atom. The molecular formula is C25H23F2N7O2S. The van der Waals surface area contributed by atoms with Gasteiger partial charge in [0, 0.05) is 32.0 Å². The number of nitrogens with one attached hydrogen (secondary N) is 2. The summed E-state index contributed by atoms with van der Waals surface area (Å²) in [7, 11) is 1.89.